The Kier molecular flexibility index (Phi) is 2.33. The van der Waals surface area contributed by atoms with E-state index < -0.39 is 0 Å². The van der Waals surface area contributed by atoms with E-state index >= 15 is 0 Å². The zero-order chi connectivity index (χ0) is 7.40. The van der Waals surface area contributed by atoms with Crippen LogP contribution in [0.4, 0.5) is 0 Å². The van der Waals surface area contributed by atoms with Crippen LogP contribution in [-0.4, -0.2) is 21.2 Å². The van der Waals surface area contributed by atoms with Gasteiger partial charge in [0.1, 0.15) is 0 Å². The quantitative estimate of drug-likeness (QED) is 0.671. The summed E-state index contributed by atoms with van der Waals surface area (Å²) in [5, 5.41) is 2.61. The van der Waals surface area contributed by atoms with E-state index in [1.54, 1.807) is 0 Å². The summed E-state index contributed by atoms with van der Waals surface area (Å²) >= 11 is 1.03. The molecule has 1 heterocycles. The minimum atomic E-state index is -0.156. The van der Waals surface area contributed by atoms with Gasteiger partial charge >= 0.3 is 0 Å². The van der Waals surface area contributed by atoms with Crippen molar-refractivity contribution in [2.24, 2.45) is 0 Å². The Labute approximate surface area is 62.6 Å². The van der Waals surface area contributed by atoms with E-state index in [4.69, 9.17) is 0 Å². The molecule has 0 radical (unpaired) electrons. The van der Waals surface area contributed by atoms with Crippen molar-refractivity contribution in [3.05, 3.63) is 11.9 Å². The van der Waals surface area contributed by atoms with Gasteiger partial charge in [0.15, 0.2) is 5.69 Å². The Morgan fingerprint density at radius 3 is 3.20 bits per heavy atom. The summed E-state index contributed by atoms with van der Waals surface area (Å²) in [6, 6.07) is 0. The largest absolute Gasteiger partial charge is 0.351 e. The number of aromatic nitrogens is 2. The van der Waals surface area contributed by atoms with Gasteiger partial charge in [-0.25, -0.2) is 0 Å². The zero-order valence-corrected chi connectivity index (χ0v) is 6.31. The van der Waals surface area contributed by atoms with E-state index in [1.165, 1.54) is 6.20 Å². The molecule has 0 saturated heterocycles. The SMILES string of the molecule is CCNC(=O)c1cnsn1. The fraction of sp³-hybridized carbons (Fsp3) is 0.400. The Morgan fingerprint density at radius 2 is 2.70 bits per heavy atom. The Bertz CT molecular complexity index is 209. The van der Waals surface area contributed by atoms with E-state index in [0.29, 0.717) is 12.2 Å². The number of nitrogens with one attached hydrogen (secondary N) is 1. The second kappa shape index (κ2) is 3.26. The lowest BCUT2D eigenvalue weighted by molar-refractivity contribution is 0.0952. The average molecular weight is 157 g/mol. The van der Waals surface area contributed by atoms with Crippen molar-refractivity contribution in [2.45, 2.75) is 6.92 Å². The number of hydrogen-bond acceptors (Lipinski definition) is 4. The Balaban J connectivity index is 2.59. The molecule has 0 unspecified atom stereocenters. The predicted octanol–water partition coefficient (Wildman–Crippen LogP) is 0.288. The molecule has 0 aliphatic heterocycles. The number of carbonyl (C=O) groups excluding carboxylic acids is 1. The minimum Gasteiger partial charge on any atom is -0.351 e. The van der Waals surface area contributed by atoms with E-state index in [1.807, 2.05) is 6.92 Å². The predicted molar refractivity (Wildman–Crippen MR) is 37.9 cm³/mol. The molecule has 0 aliphatic rings. The van der Waals surface area contributed by atoms with Crippen molar-refractivity contribution >= 4 is 17.6 Å². The molecule has 1 N–H and O–H groups in total. The molecule has 1 rings (SSSR count). The van der Waals surface area contributed by atoms with Crippen molar-refractivity contribution in [1.29, 1.82) is 0 Å². The number of rotatable bonds is 2. The molecule has 0 aromatic carbocycles. The smallest absolute Gasteiger partial charge is 0.272 e. The van der Waals surface area contributed by atoms with E-state index in [-0.39, 0.29) is 5.91 Å². The van der Waals surface area contributed by atoms with Gasteiger partial charge in [0.05, 0.1) is 17.9 Å². The van der Waals surface area contributed by atoms with Crippen LogP contribution in [0.2, 0.25) is 0 Å². The van der Waals surface area contributed by atoms with Crippen LogP contribution in [-0.2, 0) is 0 Å². The second-order valence-electron chi connectivity index (χ2n) is 1.65. The first-order chi connectivity index (χ1) is 4.84. The van der Waals surface area contributed by atoms with Gasteiger partial charge in [-0.05, 0) is 6.92 Å². The molecule has 10 heavy (non-hydrogen) atoms. The molecule has 54 valence electrons. The Hall–Kier alpha value is -0.970. The minimum absolute atomic E-state index is 0.156. The maximum atomic E-state index is 10.9. The van der Waals surface area contributed by atoms with Crippen molar-refractivity contribution in [3.8, 4) is 0 Å². The lowest BCUT2D eigenvalue weighted by Gasteiger charge is -1.94. The van der Waals surface area contributed by atoms with Crippen LogP contribution in [0.3, 0.4) is 0 Å². The van der Waals surface area contributed by atoms with E-state index in [2.05, 4.69) is 14.1 Å². The normalized spacial score (nSPS) is 9.30. The van der Waals surface area contributed by atoms with Crippen LogP contribution >= 0.6 is 11.7 Å². The number of hydrogen-bond donors (Lipinski definition) is 1. The summed E-state index contributed by atoms with van der Waals surface area (Å²) in [6.45, 7) is 2.48. The standard InChI is InChI=1S/C5H7N3OS/c1-2-6-5(9)4-3-7-10-8-4/h3H,2H2,1H3,(H,6,9). The topological polar surface area (TPSA) is 54.9 Å². The van der Waals surface area contributed by atoms with Crippen LogP contribution in [0.1, 0.15) is 17.4 Å². The van der Waals surface area contributed by atoms with Crippen LogP contribution in [0.25, 0.3) is 0 Å². The van der Waals surface area contributed by atoms with Crippen LogP contribution in [0.5, 0.6) is 0 Å². The summed E-state index contributed by atoms with van der Waals surface area (Å²) in [5.41, 5.74) is 0.395. The van der Waals surface area contributed by atoms with Gasteiger partial charge < -0.3 is 5.32 Å². The van der Waals surface area contributed by atoms with Crippen molar-refractivity contribution in [1.82, 2.24) is 14.1 Å². The summed E-state index contributed by atoms with van der Waals surface area (Å²) in [7, 11) is 0. The summed E-state index contributed by atoms with van der Waals surface area (Å²) < 4.78 is 7.45. The number of amides is 1. The van der Waals surface area contributed by atoms with Gasteiger partial charge in [-0.1, -0.05) is 0 Å². The lowest BCUT2D eigenvalue weighted by atomic mass is 10.4. The molecule has 5 heteroatoms. The highest BCUT2D eigenvalue weighted by Gasteiger charge is 2.04. The van der Waals surface area contributed by atoms with E-state index in [0.717, 1.165) is 11.7 Å². The molecule has 0 fully saturated rings. The van der Waals surface area contributed by atoms with Crippen molar-refractivity contribution < 1.29 is 4.79 Å². The molecule has 0 atom stereocenters. The van der Waals surface area contributed by atoms with Crippen molar-refractivity contribution in [2.75, 3.05) is 6.54 Å². The van der Waals surface area contributed by atoms with Crippen molar-refractivity contribution in [3.63, 3.8) is 0 Å². The highest BCUT2D eigenvalue weighted by Crippen LogP contribution is 1.93. The van der Waals surface area contributed by atoms with Gasteiger partial charge in [0, 0.05) is 6.54 Å². The van der Waals surface area contributed by atoms with E-state index in [9.17, 15) is 4.79 Å². The third kappa shape index (κ3) is 1.51. The third-order valence-electron chi connectivity index (χ3n) is 0.931. The van der Waals surface area contributed by atoms with Gasteiger partial charge in [-0.15, -0.1) is 0 Å². The van der Waals surface area contributed by atoms with Gasteiger partial charge in [0.25, 0.3) is 5.91 Å². The summed E-state index contributed by atoms with van der Waals surface area (Å²) in [6.07, 6.45) is 1.45. The molecule has 1 aromatic heterocycles. The highest BCUT2D eigenvalue weighted by molar-refractivity contribution is 6.99. The Morgan fingerprint density at radius 1 is 1.90 bits per heavy atom. The molecule has 1 amide bonds. The highest BCUT2D eigenvalue weighted by atomic mass is 32.1. The fourth-order valence-corrected chi connectivity index (χ4v) is 0.928. The van der Waals surface area contributed by atoms with Gasteiger partial charge in [-0.2, -0.15) is 8.75 Å². The molecule has 0 spiro atoms. The zero-order valence-electron chi connectivity index (χ0n) is 5.50. The van der Waals surface area contributed by atoms with Gasteiger partial charge in [0.2, 0.25) is 0 Å². The molecule has 4 nitrogen and oxygen atoms in total. The molecule has 0 bridgehead atoms. The second-order valence-corrected chi connectivity index (χ2v) is 2.21. The molecule has 1 aromatic rings. The number of nitrogens with zero attached hydrogens (tertiary/aromatic N) is 2. The summed E-state index contributed by atoms with van der Waals surface area (Å²) in [5.74, 6) is -0.156. The lowest BCUT2D eigenvalue weighted by Crippen LogP contribution is -2.22. The fourth-order valence-electron chi connectivity index (χ4n) is 0.516. The maximum absolute atomic E-state index is 10.9. The van der Waals surface area contributed by atoms with Gasteiger partial charge in [-0.3, -0.25) is 4.79 Å². The maximum Gasteiger partial charge on any atom is 0.272 e. The monoisotopic (exact) mass is 157 g/mol. The molecular formula is C5H7N3OS. The average Bonchev–Trinajstić information content (AvgIpc) is 2.38. The molecule has 0 saturated carbocycles. The van der Waals surface area contributed by atoms with Crippen LogP contribution in [0, 0.1) is 0 Å². The molecule has 0 aliphatic carbocycles. The third-order valence-corrected chi connectivity index (χ3v) is 1.41. The summed E-state index contributed by atoms with van der Waals surface area (Å²) in [4.78, 5) is 10.9. The van der Waals surface area contributed by atoms with Crippen LogP contribution in [0.15, 0.2) is 6.20 Å². The first-order valence-electron chi connectivity index (χ1n) is 2.90. The first kappa shape index (κ1) is 7.14. The number of carbonyl (C=O) groups is 1. The molecular weight excluding hydrogens is 150 g/mol. The first-order valence-corrected chi connectivity index (χ1v) is 3.63. The van der Waals surface area contributed by atoms with Crippen LogP contribution < -0.4 is 5.32 Å².